The maximum Gasteiger partial charge on any atom is 0.259 e. The number of fused-ring (bicyclic) bond motifs is 1. The number of aromatic nitrogens is 5. The first-order chi connectivity index (χ1) is 16.4. The largest absolute Gasteiger partial charge is 0.494 e. The Balaban J connectivity index is 1.41. The molecule has 0 atom stereocenters. The Bertz CT molecular complexity index is 1330. The number of rotatable bonds is 5. The van der Waals surface area contributed by atoms with Gasteiger partial charge in [0.2, 0.25) is 10.1 Å². The highest BCUT2D eigenvalue weighted by Gasteiger charge is 2.24. The van der Waals surface area contributed by atoms with Crippen molar-refractivity contribution in [2.24, 2.45) is 0 Å². The van der Waals surface area contributed by atoms with Gasteiger partial charge in [0.15, 0.2) is 0 Å². The van der Waals surface area contributed by atoms with Gasteiger partial charge >= 0.3 is 0 Å². The molecule has 1 aliphatic carbocycles. The van der Waals surface area contributed by atoms with E-state index in [1.165, 1.54) is 30.8 Å². The van der Waals surface area contributed by atoms with Crippen LogP contribution in [0.1, 0.15) is 53.3 Å². The number of carbonyl (C=O) groups excluding carboxylic acids is 1. The number of ether oxygens (including phenoxy) is 1. The van der Waals surface area contributed by atoms with Crippen LogP contribution in [0, 0.1) is 6.92 Å². The van der Waals surface area contributed by atoms with Crippen molar-refractivity contribution in [3.8, 4) is 16.9 Å². The molecule has 4 aromatic rings. The van der Waals surface area contributed by atoms with Crippen LogP contribution in [0.15, 0.2) is 30.7 Å². The number of aliphatic hydroxyl groups excluding tert-OH is 1. The van der Waals surface area contributed by atoms with Crippen molar-refractivity contribution < 1.29 is 14.6 Å². The number of anilines is 1. The lowest BCUT2D eigenvalue weighted by Crippen LogP contribution is -2.17. The Hall–Kier alpha value is -3.08. The Morgan fingerprint density at radius 2 is 2.00 bits per heavy atom. The zero-order valence-electron chi connectivity index (χ0n) is 18.7. The summed E-state index contributed by atoms with van der Waals surface area (Å²) in [4.78, 5) is 27.0. The number of aryl methyl sites for hydroxylation is 1. The summed E-state index contributed by atoms with van der Waals surface area (Å²) in [7, 11) is 1.54. The Morgan fingerprint density at radius 1 is 1.21 bits per heavy atom. The summed E-state index contributed by atoms with van der Waals surface area (Å²) in [6.45, 7) is 1.85. The van der Waals surface area contributed by atoms with Crippen LogP contribution in [0.5, 0.6) is 5.75 Å². The smallest absolute Gasteiger partial charge is 0.259 e. The molecule has 4 heterocycles. The van der Waals surface area contributed by atoms with Gasteiger partial charge in [0.05, 0.1) is 36.9 Å². The number of amides is 1. The second-order valence-electron chi connectivity index (χ2n) is 8.34. The fraction of sp³-hybridized carbons (Fsp3) is 0.348. The van der Waals surface area contributed by atoms with Crippen LogP contribution in [-0.4, -0.2) is 48.8 Å². The highest BCUT2D eigenvalue weighted by atomic mass is 35.5. The minimum Gasteiger partial charge on any atom is -0.494 e. The molecule has 0 aromatic carbocycles. The molecule has 34 heavy (non-hydrogen) atoms. The average Bonchev–Trinajstić information content (AvgIpc) is 3.38. The summed E-state index contributed by atoms with van der Waals surface area (Å²) in [5.74, 6) is 0.481. The average molecular weight is 499 g/mol. The van der Waals surface area contributed by atoms with E-state index in [0.29, 0.717) is 43.6 Å². The molecule has 0 aliphatic heterocycles. The van der Waals surface area contributed by atoms with Crippen molar-refractivity contribution in [2.75, 3.05) is 12.4 Å². The molecule has 1 fully saturated rings. The van der Waals surface area contributed by atoms with E-state index in [9.17, 15) is 9.90 Å². The quantitative estimate of drug-likeness (QED) is 0.389. The van der Waals surface area contributed by atoms with Gasteiger partial charge in [-0.15, -0.1) is 5.10 Å². The number of nitrogens with one attached hydrogen (secondary N) is 1. The molecule has 2 N–H and O–H groups in total. The van der Waals surface area contributed by atoms with Crippen LogP contribution in [0.4, 0.5) is 5.13 Å². The molecule has 0 spiro atoms. The molecule has 0 unspecified atom stereocenters. The topological polar surface area (TPSA) is 115 Å². The zero-order valence-corrected chi connectivity index (χ0v) is 20.2. The van der Waals surface area contributed by atoms with Gasteiger partial charge < -0.3 is 9.84 Å². The normalized spacial score (nSPS) is 18.2. The van der Waals surface area contributed by atoms with Crippen LogP contribution in [0.2, 0.25) is 5.15 Å². The zero-order chi connectivity index (χ0) is 23.8. The van der Waals surface area contributed by atoms with Gasteiger partial charge in [0, 0.05) is 28.9 Å². The van der Waals surface area contributed by atoms with Crippen molar-refractivity contribution in [2.45, 2.75) is 44.6 Å². The maximum absolute atomic E-state index is 13.2. The first-order valence-corrected chi connectivity index (χ1v) is 12.1. The van der Waals surface area contributed by atoms with Crippen molar-refractivity contribution in [1.29, 1.82) is 0 Å². The van der Waals surface area contributed by atoms with Crippen LogP contribution in [0.3, 0.4) is 0 Å². The third-order valence-corrected chi connectivity index (χ3v) is 7.07. The maximum atomic E-state index is 13.2. The van der Waals surface area contributed by atoms with Crippen LogP contribution < -0.4 is 10.1 Å². The predicted octanol–water partition coefficient (Wildman–Crippen LogP) is 4.49. The Morgan fingerprint density at radius 3 is 2.74 bits per heavy atom. The van der Waals surface area contributed by atoms with Gasteiger partial charge in [0.1, 0.15) is 10.9 Å². The lowest BCUT2D eigenvalue weighted by Gasteiger charge is -2.23. The molecule has 11 heteroatoms. The molecule has 0 saturated heterocycles. The molecule has 9 nitrogen and oxygen atoms in total. The summed E-state index contributed by atoms with van der Waals surface area (Å²) >= 11 is 7.42. The minimum absolute atomic E-state index is 0.204. The van der Waals surface area contributed by atoms with Gasteiger partial charge in [-0.05, 0) is 44.7 Å². The third kappa shape index (κ3) is 4.48. The summed E-state index contributed by atoms with van der Waals surface area (Å²) in [5, 5.41) is 17.8. The molecular weight excluding hydrogens is 476 g/mol. The fourth-order valence-corrected chi connectivity index (χ4v) is 5.20. The standard InChI is InChI=1S/C23H23ClN6O3S/c1-12-7-15(16-8-20(24)26-10-19(16)33-2)17(9-25-12)21(32)28-22-29-30-11-18(27-23(30)34-22)13-3-5-14(31)6-4-13/h7-11,13-14,31H,3-6H2,1-2H3,(H,28,29,32). The molecule has 0 bridgehead atoms. The van der Waals surface area contributed by atoms with Crippen molar-refractivity contribution in [1.82, 2.24) is 24.6 Å². The number of hydrogen-bond acceptors (Lipinski definition) is 8. The number of aliphatic hydroxyl groups is 1. The highest BCUT2D eigenvalue weighted by Crippen LogP contribution is 2.35. The van der Waals surface area contributed by atoms with E-state index < -0.39 is 0 Å². The summed E-state index contributed by atoms with van der Waals surface area (Å²) in [6, 6.07) is 3.47. The van der Waals surface area contributed by atoms with Crippen LogP contribution in [-0.2, 0) is 0 Å². The first kappa shape index (κ1) is 22.7. The van der Waals surface area contributed by atoms with Gasteiger partial charge in [-0.25, -0.2) is 14.5 Å². The molecule has 5 rings (SSSR count). The van der Waals surface area contributed by atoms with E-state index in [1.807, 2.05) is 19.2 Å². The molecule has 1 saturated carbocycles. The monoisotopic (exact) mass is 498 g/mol. The van der Waals surface area contributed by atoms with Crippen molar-refractivity contribution in [3.63, 3.8) is 0 Å². The van der Waals surface area contributed by atoms with Crippen molar-refractivity contribution in [3.05, 3.63) is 52.8 Å². The number of pyridine rings is 2. The van der Waals surface area contributed by atoms with Crippen molar-refractivity contribution >= 4 is 38.9 Å². The second kappa shape index (κ2) is 9.28. The number of methoxy groups -OCH3 is 1. The molecule has 1 amide bonds. The van der Waals surface area contributed by atoms with Gasteiger partial charge in [-0.2, -0.15) is 0 Å². The SMILES string of the molecule is COc1cnc(Cl)cc1-c1cc(C)ncc1C(=O)Nc1nn2cc(C3CCC(O)CC3)nc2s1. The lowest BCUT2D eigenvalue weighted by molar-refractivity contribution is 0.102. The van der Waals surface area contributed by atoms with Crippen LogP contribution >= 0.6 is 22.9 Å². The van der Waals surface area contributed by atoms with E-state index in [-0.39, 0.29) is 12.0 Å². The van der Waals surface area contributed by atoms with E-state index in [1.54, 1.807) is 10.6 Å². The molecule has 176 valence electrons. The summed E-state index contributed by atoms with van der Waals surface area (Å²) in [5.41, 5.74) is 3.37. The minimum atomic E-state index is -0.351. The lowest BCUT2D eigenvalue weighted by atomic mass is 9.86. The Labute approximate surface area is 204 Å². The Kier molecular flexibility index (Phi) is 6.20. The number of halogens is 1. The van der Waals surface area contributed by atoms with E-state index in [2.05, 4.69) is 20.4 Å². The van der Waals surface area contributed by atoms with E-state index in [0.717, 1.165) is 37.1 Å². The first-order valence-electron chi connectivity index (χ1n) is 10.9. The molecule has 0 radical (unpaired) electrons. The fourth-order valence-electron chi connectivity index (χ4n) is 4.25. The van der Waals surface area contributed by atoms with Gasteiger partial charge in [0.25, 0.3) is 5.91 Å². The number of hydrogen-bond donors (Lipinski definition) is 2. The predicted molar refractivity (Wildman–Crippen MR) is 130 cm³/mol. The van der Waals surface area contributed by atoms with Gasteiger partial charge in [-0.3, -0.25) is 15.1 Å². The third-order valence-electron chi connectivity index (χ3n) is 6.03. The highest BCUT2D eigenvalue weighted by molar-refractivity contribution is 7.20. The number of nitrogens with zero attached hydrogens (tertiary/aromatic N) is 5. The van der Waals surface area contributed by atoms with E-state index >= 15 is 0 Å². The molecule has 1 aliphatic rings. The summed E-state index contributed by atoms with van der Waals surface area (Å²) in [6.07, 6.45) is 8.19. The molecular formula is C23H23ClN6O3S. The number of carbonyl (C=O) groups is 1. The summed E-state index contributed by atoms with van der Waals surface area (Å²) < 4.78 is 7.13. The van der Waals surface area contributed by atoms with Crippen LogP contribution in [0.25, 0.3) is 16.1 Å². The van der Waals surface area contributed by atoms with E-state index in [4.69, 9.17) is 21.3 Å². The number of imidazole rings is 1. The van der Waals surface area contributed by atoms with Gasteiger partial charge in [-0.1, -0.05) is 22.9 Å². The molecule has 4 aromatic heterocycles. The second-order valence-corrected chi connectivity index (χ2v) is 9.68.